The lowest BCUT2D eigenvalue weighted by atomic mass is 10.1. The number of thiophene rings is 1. The zero-order valence-electron chi connectivity index (χ0n) is 5.92. The second kappa shape index (κ2) is 1.83. The van der Waals surface area contributed by atoms with E-state index in [1.807, 2.05) is 0 Å². The van der Waals surface area contributed by atoms with E-state index in [9.17, 15) is 5.11 Å². The number of aryl methyl sites for hydroxylation is 1. The van der Waals surface area contributed by atoms with Crippen molar-refractivity contribution < 1.29 is 5.11 Å². The van der Waals surface area contributed by atoms with Crippen LogP contribution in [0.5, 0.6) is 0 Å². The van der Waals surface area contributed by atoms with Gasteiger partial charge in [-0.25, -0.2) is 0 Å². The topological polar surface area (TPSA) is 20.2 Å². The molecule has 1 N–H and O–H groups in total. The van der Waals surface area contributed by atoms with Crippen LogP contribution in [0, 0.1) is 6.92 Å². The van der Waals surface area contributed by atoms with Crippen LogP contribution in [0.2, 0.25) is 0 Å². The fourth-order valence-electron chi connectivity index (χ4n) is 1.22. The van der Waals surface area contributed by atoms with Gasteiger partial charge in [0.25, 0.3) is 0 Å². The predicted molar refractivity (Wildman–Crippen MR) is 42.2 cm³/mol. The average molecular weight is 154 g/mol. The molecule has 1 aromatic rings. The fraction of sp³-hybridized carbons (Fsp3) is 0.500. The van der Waals surface area contributed by atoms with Gasteiger partial charge < -0.3 is 5.11 Å². The SMILES string of the molecule is Cc1cscc1C1(O)CC1. The molecule has 0 unspecified atom stereocenters. The lowest BCUT2D eigenvalue weighted by molar-refractivity contribution is 0.151. The molecule has 0 amide bonds. The van der Waals surface area contributed by atoms with E-state index in [0.29, 0.717) is 0 Å². The van der Waals surface area contributed by atoms with Crippen molar-refractivity contribution in [2.75, 3.05) is 0 Å². The van der Waals surface area contributed by atoms with E-state index in [4.69, 9.17) is 0 Å². The summed E-state index contributed by atoms with van der Waals surface area (Å²) in [6.07, 6.45) is 1.90. The highest BCUT2D eigenvalue weighted by Gasteiger charge is 2.43. The summed E-state index contributed by atoms with van der Waals surface area (Å²) < 4.78 is 0. The van der Waals surface area contributed by atoms with Crippen LogP contribution in [0.1, 0.15) is 24.0 Å². The lowest BCUT2D eigenvalue weighted by Gasteiger charge is -2.04. The molecule has 0 atom stereocenters. The van der Waals surface area contributed by atoms with Crippen molar-refractivity contribution in [3.63, 3.8) is 0 Å². The summed E-state index contributed by atoms with van der Waals surface area (Å²) in [5.74, 6) is 0. The van der Waals surface area contributed by atoms with E-state index in [0.717, 1.165) is 18.4 Å². The predicted octanol–water partition coefficient (Wildman–Crippen LogP) is 2.04. The standard InChI is InChI=1S/C8H10OS/c1-6-4-10-5-7(6)8(9)2-3-8/h4-5,9H,2-3H2,1H3. The molecule has 1 aliphatic rings. The quantitative estimate of drug-likeness (QED) is 0.656. The fourth-order valence-corrected chi connectivity index (χ4v) is 2.17. The molecular formula is C8H10OS. The van der Waals surface area contributed by atoms with Gasteiger partial charge in [-0.05, 0) is 41.7 Å². The summed E-state index contributed by atoms with van der Waals surface area (Å²) in [5, 5.41) is 13.8. The van der Waals surface area contributed by atoms with E-state index in [-0.39, 0.29) is 0 Å². The number of aliphatic hydroxyl groups is 1. The first-order valence-corrected chi connectivity index (χ1v) is 4.42. The molecule has 1 nitrogen and oxygen atoms in total. The zero-order valence-corrected chi connectivity index (χ0v) is 6.74. The molecule has 54 valence electrons. The van der Waals surface area contributed by atoms with Gasteiger partial charge in [0.05, 0.1) is 5.60 Å². The second-order valence-electron chi connectivity index (χ2n) is 3.00. The molecule has 0 saturated heterocycles. The minimum absolute atomic E-state index is 0.427. The first kappa shape index (κ1) is 6.38. The summed E-state index contributed by atoms with van der Waals surface area (Å²) in [4.78, 5) is 0. The van der Waals surface area contributed by atoms with Crippen LogP contribution in [0.25, 0.3) is 0 Å². The highest BCUT2D eigenvalue weighted by atomic mass is 32.1. The molecule has 2 heteroatoms. The number of hydrogen-bond acceptors (Lipinski definition) is 2. The second-order valence-corrected chi connectivity index (χ2v) is 3.74. The van der Waals surface area contributed by atoms with Gasteiger partial charge in [-0.3, -0.25) is 0 Å². The van der Waals surface area contributed by atoms with Gasteiger partial charge in [0.15, 0.2) is 0 Å². The van der Waals surface area contributed by atoms with Crippen molar-refractivity contribution in [1.29, 1.82) is 0 Å². The highest BCUT2D eigenvalue weighted by Crippen LogP contribution is 2.47. The van der Waals surface area contributed by atoms with Gasteiger partial charge in [0.2, 0.25) is 0 Å². The monoisotopic (exact) mass is 154 g/mol. The third-order valence-corrected chi connectivity index (χ3v) is 2.94. The van der Waals surface area contributed by atoms with Crippen LogP contribution in [0.15, 0.2) is 10.8 Å². The molecule has 2 rings (SSSR count). The minimum Gasteiger partial charge on any atom is -0.385 e. The van der Waals surface area contributed by atoms with Crippen molar-refractivity contribution in [1.82, 2.24) is 0 Å². The molecule has 1 saturated carbocycles. The molecular weight excluding hydrogens is 144 g/mol. The van der Waals surface area contributed by atoms with Crippen LogP contribution in [0.3, 0.4) is 0 Å². The van der Waals surface area contributed by atoms with Gasteiger partial charge in [0.1, 0.15) is 0 Å². The van der Waals surface area contributed by atoms with Crippen molar-refractivity contribution in [3.8, 4) is 0 Å². The Morgan fingerprint density at radius 3 is 2.60 bits per heavy atom. The Kier molecular flexibility index (Phi) is 1.17. The molecule has 1 aromatic heterocycles. The van der Waals surface area contributed by atoms with Crippen molar-refractivity contribution in [3.05, 3.63) is 21.9 Å². The van der Waals surface area contributed by atoms with Crippen molar-refractivity contribution in [2.45, 2.75) is 25.4 Å². The first-order valence-electron chi connectivity index (χ1n) is 3.48. The van der Waals surface area contributed by atoms with Gasteiger partial charge in [-0.15, -0.1) is 0 Å². The molecule has 1 fully saturated rings. The maximum absolute atomic E-state index is 9.68. The first-order chi connectivity index (χ1) is 4.72. The van der Waals surface area contributed by atoms with Crippen LogP contribution in [-0.4, -0.2) is 5.11 Å². The van der Waals surface area contributed by atoms with Gasteiger partial charge in [0, 0.05) is 0 Å². The maximum Gasteiger partial charge on any atom is 0.0909 e. The minimum atomic E-state index is -0.427. The third kappa shape index (κ3) is 0.796. The van der Waals surface area contributed by atoms with Gasteiger partial charge in [-0.1, -0.05) is 0 Å². The summed E-state index contributed by atoms with van der Waals surface area (Å²) in [6, 6.07) is 0. The van der Waals surface area contributed by atoms with E-state index in [2.05, 4.69) is 17.7 Å². The van der Waals surface area contributed by atoms with Crippen LogP contribution in [0.4, 0.5) is 0 Å². The van der Waals surface area contributed by atoms with Gasteiger partial charge in [-0.2, -0.15) is 11.3 Å². The largest absolute Gasteiger partial charge is 0.385 e. The molecule has 0 aromatic carbocycles. The van der Waals surface area contributed by atoms with E-state index < -0.39 is 5.60 Å². The molecule has 0 aliphatic heterocycles. The van der Waals surface area contributed by atoms with Crippen LogP contribution in [-0.2, 0) is 5.60 Å². The average Bonchev–Trinajstić information content (AvgIpc) is 2.44. The molecule has 1 heterocycles. The molecule has 0 radical (unpaired) electrons. The van der Waals surface area contributed by atoms with Gasteiger partial charge >= 0.3 is 0 Å². The Morgan fingerprint density at radius 2 is 2.20 bits per heavy atom. The van der Waals surface area contributed by atoms with Crippen molar-refractivity contribution in [2.24, 2.45) is 0 Å². The third-order valence-electron chi connectivity index (χ3n) is 2.08. The van der Waals surface area contributed by atoms with Crippen LogP contribution >= 0.6 is 11.3 Å². The Hall–Kier alpha value is -0.340. The number of rotatable bonds is 1. The van der Waals surface area contributed by atoms with E-state index in [1.54, 1.807) is 11.3 Å². The number of hydrogen-bond donors (Lipinski definition) is 1. The Bertz CT molecular complexity index is 248. The van der Waals surface area contributed by atoms with E-state index >= 15 is 0 Å². The molecule has 1 aliphatic carbocycles. The molecule has 10 heavy (non-hydrogen) atoms. The molecule has 0 spiro atoms. The summed E-state index contributed by atoms with van der Waals surface area (Å²) in [6.45, 7) is 2.06. The Morgan fingerprint density at radius 1 is 1.50 bits per heavy atom. The molecule has 0 bridgehead atoms. The Labute approximate surface area is 64.3 Å². The lowest BCUT2D eigenvalue weighted by Crippen LogP contribution is -2.03. The smallest absolute Gasteiger partial charge is 0.0909 e. The Balaban J connectivity index is 2.42. The normalized spacial score (nSPS) is 21.0. The summed E-state index contributed by atoms with van der Waals surface area (Å²) >= 11 is 1.67. The van der Waals surface area contributed by atoms with E-state index in [1.165, 1.54) is 5.56 Å². The highest BCUT2D eigenvalue weighted by molar-refractivity contribution is 7.08. The zero-order chi connectivity index (χ0) is 7.19. The summed E-state index contributed by atoms with van der Waals surface area (Å²) in [5.41, 5.74) is 1.96. The van der Waals surface area contributed by atoms with Crippen molar-refractivity contribution >= 4 is 11.3 Å². The van der Waals surface area contributed by atoms with Crippen LogP contribution < -0.4 is 0 Å². The maximum atomic E-state index is 9.68. The summed E-state index contributed by atoms with van der Waals surface area (Å²) in [7, 11) is 0.